The highest BCUT2D eigenvalue weighted by molar-refractivity contribution is 4.93. The van der Waals surface area contributed by atoms with Crippen LogP contribution in [-0.2, 0) is 28.4 Å². The van der Waals surface area contributed by atoms with E-state index in [2.05, 4.69) is 0 Å². The summed E-state index contributed by atoms with van der Waals surface area (Å²) in [5.41, 5.74) is 0. The van der Waals surface area contributed by atoms with Gasteiger partial charge in [0, 0.05) is 7.11 Å². The summed E-state index contributed by atoms with van der Waals surface area (Å²) in [6, 6.07) is 0. The van der Waals surface area contributed by atoms with Crippen LogP contribution in [0.5, 0.6) is 0 Å². The minimum atomic E-state index is -1.77. The van der Waals surface area contributed by atoms with Crippen molar-refractivity contribution >= 4 is 0 Å². The maximum Gasteiger partial charge on any atom is 0.186 e. The highest BCUT2D eigenvalue weighted by Gasteiger charge is 2.49. The number of hydrogen-bond donors (Lipinski definition) is 10. The van der Waals surface area contributed by atoms with Gasteiger partial charge in [-0.05, 0) is 0 Å². The van der Waals surface area contributed by atoms with Crippen LogP contribution in [0.3, 0.4) is 0 Å². The third-order valence-electron chi connectivity index (χ3n) is 6.27. The zero-order valence-electron chi connectivity index (χ0n) is 18.7. The highest BCUT2D eigenvalue weighted by atomic mass is 16.7. The van der Waals surface area contributed by atoms with E-state index in [-0.39, 0.29) is 0 Å². The summed E-state index contributed by atoms with van der Waals surface area (Å²) in [6.45, 7) is -1.72. The number of hydrogen-bond acceptors (Lipinski definition) is 16. The molecule has 3 heterocycles. The van der Waals surface area contributed by atoms with Crippen molar-refractivity contribution in [2.24, 2.45) is 0 Å². The highest BCUT2D eigenvalue weighted by Crippen LogP contribution is 2.27. The second-order valence-electron chi connectivity index (χ2n) is 8.63. The van der Waals surface area contributed by atoms with Gasteiger partial charge >= 0.3 is 0 Å². The smallest absolute Gasteiger partial charge is 0.186 e. The van der Waals surface area contributed by atoms with Crippen LogP contribution < -0.4 is 0 Å². The third kappa shape index (κ3) is 6.10. The molecule has 0 radical (unpaired) electrons. The zero-order valence-corrected chi connectivity index (χ0v) is 18.7. The Kier molecular flexibility index (Phi) is 10.1. The molecule has 0 aliphatic carbocycles. The van der Waals surface area contributed by atoms with Gasteiger partial charge in [-0.15, -0.1) is 0 Å². The molecular weight excluding hydrogens is 484 g/mol. The lowest BCUT2D eigenvalue weighted by Crippen LogP contribution is -2.62. The Morgan fingerprint density at radius 1 is 0.486 bits per heavy atom. The topological polar surface area (TPSA) is 258 Å². The van der Waals surface area contributed by atoms with Crippen molar-refractivity contribution in [1.82, 2.24) is 0 Å². The molecule has 0 aromatic carbocycles. The Balaban J connectivity index is 1.59. The second-order valence-corrected chi connectivity index (χ2v) is 8.63. The lowest BCUT2D eigenvalue weighted by Gasteiger charge is -2.43. The number of aliphatic hydroxyl groups excluding tert-OH is 10. The molecule has 0 saturated carbocycles. The SMILES string of the molecule is CO[C@@H]1O[C@H](CO[C@H]2O[C@H](CO[C@H]3O[C@H](CO)[C@@H](O)[C@H](O)[C@H]3O)[C@@H](O)[C@H](O)[C@H]2O)[C@@H](O)[C@H](O)[C@H]1O. The van der Waals surface area contributed by atoms with Gasteiger partial charge in [0.15, 0.2) is 18.9 Å². The number of ether oxygens (including phenoxy) is 6. The predicted molar refractivity (Wildman–Crippen MR) is 106 cm³/mol. The van der Waals surface area contributed by atoms with Crippen molar-refractivity contribution in [3.63, 3.8) is 0 Å². The molecule has 3 fully saturated rings. The fraction of sp³-hybridized carbons (Fsp3) is 1.00. The molecule has 16 nitrogen and oxygen atoms in total. The largest absolute Gasteiger partial charge is 0.394 e. The van der Waals surface area contributed by atoms with E-state index in [4.69, 9.17) is 28.4 Å². The number of aliphatic hydroxyl groups is 10. The molecule has 15 atom stereocenters. The average molecular weight is 518 g/mol. The summed E-state index contributed by atoms with van der Waals surface area (Å²) in [4.78, 5) is 0. The van der Waals surface area contributed by atoms with Gasteiger partial charge < -0.3 is 79.5 Å². The first-order valence-electron chi connectivity index (χ1n) is 11.0. The van der Waals surface area contributed by atoms with Gasteiger partial charge in [0.1, 0.15) is 73.2 Å². The lowest BCUT2D eigenvalue weighted by atomic mass is 9.98. The average Bonchev–Trinajstić information content (AvgIpc) is 2.85. The predicted octanol–water partition coefficient (Wildman–Crippen LogP) is -6.92. The Labute approximate surface area is 199 Å². The molecule has 3 rings (SSSR count). The first-order chi connectivity index (χ1) is 16.5. The molecule has 0 amide bonds. The van der Waals surface area contributed by atoms with Gasteiger partial charge in [-0.1, -0.05) is 0 Å². The van der Waals surface area contributed by atoms with Crippen molar-refractivity contribution in [3.05, 3.63) is 0 Å². The van der Waals surface area contributed by atoms with Crippen LogP contribution in [-0.4, -0.2) is 170 Å². The fourth-order valence-electron chi connectivity index (χ4n) is 4.03. The van der Waals surface area contributed by atoms with Gasteiger partial charge in [-0.2, -0.15) is 0 Å². The summed E-state index contributed by atoms with van der Waals surface area (Å²) in [5, 5.41) is 99.5. The Morgan fingerprint density at radius 2 is 0.829 bits per heavy atom. The van der Waals surface area contributed by atoms with E-state index in [1.807, 2.05) is 0 Å². The van der Waals surface area contributed by atoms with Gasteiger partial charge in [0.05, 0.1) is 19.8 Å². The first-order valence-corrected chi connectivity index (χ1v) is 11.0. The lowest BCUT2D eigenvalue weighted by molar-refractivity contribution is -0.341. The molecule has 0 bridgehead atoms. The summed E-state index contributed by atoms with van der Waals surface area (Å²) in [7, 11) is 1.21. The van der Waals surface area contributed by atoms with Crippen molar-refractivity contribution < 1.29 is 79.5 Å². The maximum atomic E-state index is 10.3. The molecule has 10 N–H and O–H groups in total. The molecular formula is C19H34O16. The van der Waals surface area contributed by atoms with Crippen LogP contribution in [0.1, 0.15) is 0 Å². The molecule has 0 spiro atoms. The summed E-state index contributed by atoms with van der Waals surface area (Å²) in [6.07, 6.45) is -23.1. The van der Waals surface area contributed by atoms with E-state index in [1.165, 1.54) is 7.11 Å². The van der Waals surface area contributed by atoms with Gasteiger partial charge in [-0.25, -0.2) is 0 Å². The van der Waals surface area contributed by atoms with Crippen LogP contribution in [0, 0.1) is 0 Å². The molecule has 35 heavy (non-hydrogen) atoms. The Morgan fingerprint density at radius 3 is 1.23 bits per heavy atom. The van der Waals surface area contributed by atoms with Gasteiger partial charge in [0.2, 0.25) is 0 Å². The Bertz CT molecular complexity index is 600. The van der Waals surface area contributed by atoms with Crippen LogP contribution in [0.25, 0.3) is 0 Å². The van der Waals surface area contributed by atoms with Gasteiger partial charge in [-0.3, -0.25) is 0 Å². The summed E-state index contributed by atoms with van der Waals surface area (Å²) >= 11 is 0. The van der Waals surface area contributed by atoms with E-state index >= 15 is 0 Å². The standard InChI is InChI=1S/C19H34O16/c1-30-17-14(27)12(25)9(22)6(34-17)3-32-19-16(29)13(26)10(23)7(35-19)4-31-18-15(28)11(24)8(21)5(2-20)33-18/h5-29H,2-4H2,1H3/t5-,6-,7-,8-,9-,10-,11+,12+,13+,14-,15-,16-,17-,18+,19+/m1/s1. The van der Waals surface area contributed by atoms with Gasteiger partial charge in [0.25, 0.3) is 0 Å². The van der Waals surface area contributed by atoms with Crippen LogP contribution >= 0.6 is 0 Å². The van der Waals surface area contributed by atoms with Crippen molar-refractivity contribution in [1.29, 1.82) is 0 Å². The molecule has 0 unspecified atom stereocenters. The molecule has 0 aromatic rings. The second kappa shape index (κ2) is 12.3. The number of methoxy groups -OCH3 is 1. The van der Waals surface area contributed by atoms with E-state index in [1.54, 1.807) is 0 Å². The number of rotatable bonds is 8. The summed E-state index contributed by atoms with van der Waals surface area (Å²) in [5.74, 6) is 0. The minimum absolute atomic E-state index is 0.490. The van der Waals surface area contributed by atoms with Crippen molar-refractivity contribution in [3.8, 4) is 0 Å². The fourth-order valence-corrected chi connectivity index (χ4v) is 4.03. The van der Waals surface area contributed by atoms with E-state index in [9.17, 15) is 51.1 Å². The molecule has 16 heteroatoms. The molecule has 3 aliphatic heterocycles. The summed E-state index contributed by atoms with van der Waals surface area (Å²) < 4.78 is 31.6. The van der Waals surface area contributed by atoms with Crippen LogP contribution in [0.15, 0.2) is 0 Å². The maximum absolute atomic E-state index is 10.3. The third-order valence-corrected chi connectivity index (χ3v) is 6.27. The van der Waals surface area contributed by atoms with E-state index in [0.29, 0.717) is 0 Å². The molecule has 206 valence electrons. The first kappa shape index (κ1) is 28.9. The van der Waals surface area contributed by atoms with Crippen molar-refractivity contribution in [2.75, 3.05) is 26.9 Å². The molecule has 0 aromatic heterocycles. The van der Waals surface area contributed by atoms with Crippen molar-refractivity contribution in [2.45, 2.75) is 92.1 Å². The van der Waals surface area contributed by atoms with E-state index < -0.39 is 112 Å². The minimum Gasteiger partial charge on any atom is -0.394 e. The zero-order chi connectivity index (χ0) is 26.0. The monoisotopic (exact) mass is 518 g/mol. The van der Waals surface area contributed by atoms with Crippen LogP contribution in [0.2, 0.25) is 0 Å². The molecule has 3 aliphatic rings. The molecule has 3 saturated heterocycles. The quantitative estimate of drug-likeness (QED) is 0.143. The van der Waals surface area contributed by atoms with E-state index in [0.717, 1.165) is 0 Å². The normalized spacial score (nSPS) is 51.3. The Hall–Kier alpha value is -0.640. The van der Waals surface area contributed by atoms with Crippen LogP contribution in [0.4, 0.5) is 0 Å².